The van der Waals surface area contributed by atoms with Crippen LogP contribution in [0.4, 0.5) is 5.69 Å². The topological polar surface area (TPSA) is 99.3 Å². The zero-order valence-electron chi connectivity index (χ0n) is 18.5. The Hall–Kier alpha value is -3.37. The Morgan fingerprint density at radius 1 is 0.970 bits per heavy atom. The van der Waals surface area contributed by atoms with E-state index in [0.717, 1.165) is 5.56 Å². The van der Waals surface area contributed by atoms with Gasteiger partial charge in [0.15, 0.2) is 0 Å². The van der Waals surface area contributed by atoms with Crippen LogP contribution in [-0.2, 0) is 19.6 Å². The van der Waals surface area contributed by atoms with Crippen LogP contribution in [-0.4, -0.2) is 62.7 Å². The smallest absolute Gasteiger partial charge is 0.271 e. The number of ether oxygens (including phenoxy) is 1. The van der Waals surface area contributed by atoms with Gasteiger partial charge in [-0.25, -0.2) is 13.4 Å². The molecule has 0 aliphatic carbocycles. The van der Waals surface area contributed by atoms with Crippen LogP contribution >= 0.6 is 0 Å². The second kappa shape index (κ2) is 9.24. The number of amides is 2. The number of anilines is 1. The van der Waals surface area contributed by atoms with Crippen LogP contribution in [0.25, 0.3) is 0 Å². The monoisotopic (exact) mass is 470 g/mol. The maximum atomic E-state index is 13.1. The molecule has 0 saturated carbocycles. The predicted octanol–water partition coefficient (Wildman–Crippen LogP) is 1.66. The summed E-state index contributed by atoms with van der Waals surface area (Å²) in [7, 11) is -2.14. The molecule has 1 saturated heterocycles. The molecule has 2 aromatic carbocycles. The van der Waals surface area contributed by atoms with Gasteiger partial charge in [-0.3, -0.25) is 15.0 Å². The van der Waals surface area contributed by atoms with E-state index in [1.165, 1.54) is 28.6 Å². The van der Waals surface area contributed by atoms with Crippen LogP contribution in [0, 0.1) is 6.92 Å². The van der Waals surface area contributed by atoms with Crippen molar-refractivity contribution in [3.05, 3.63) is 65.9 Å². The van der Waals surface area contributed by atoms with E-state index in [2.05, 4.69) is 5.43 Å². The second-order valence-corrected chi connectivity index (χ2v) is 9.81. The number of nitrogens with one attached hydrogen (secondary N) is 1. The molecule has 0 unspecified atom stereocenters. The van der Waals surface area contributed by atoms with Crippen molar-refractivity contribution in [2.24, 2.45) is 0 Å². The number of hydrazine groups is 1. The molecule has 174 valence electrons. The molecule has 2 aromatic rings. The number of methoxy groups -OCH3 is 1. The van der Waals surface area contributed by atoms with Gasteiger partial charge in [0.1, 0.15) is 11.4 Å². The molecule has 1 fully saturated rings. The highest BCUT2D eigenvalue weighted by Gasteiger charge is 2.33. The van der Waals surface area contributed by atoms with E-state index in [9.17, 15) is 18.0 Å². The first-order valence-electron chi connectivity index (χ1n) is 10.6. The van der Waals surface area contributed by atoms with Gasteiger partial charge >= 0.3 is 0 Å². The van der Waals surface area contributed by atoms with E-state index < -0.39 is 10.0 Å². The molecular formula is C23H26N4O5S. The summed E-state index contributed by atoms with van der Waals surface area (Å²) in [6.07, 6.45) is 1.68. The van der Waals surface area contributed by atoms with Gasteiger partial charge in [-0.2, -0.15) is 4.31 Å². The van der Waals surface area contributed by atoms with Gasteiger partial charge in [0, 0.05) is 32.6 Å². The number of benzene rings is 2. The fourth-order valence-electron chi connectivity index (χ4n) is 3.75. The fraction of sp³-hybridized carbons (Fsp3) is 0.304. The summed E-state index contributed by atoms with van der Waals surface area (Å²) in [5.74, 6) is 0.155. The third-order valence-electron chi connectivity index (χ3n) is 5.71. The number of nitrogens with zero attached hydrogens (tertiary/aromatic N) is 3. The van der Waals surface area contributed by atoms with Crippen LogP contribution in [0.5, 0.6) is 5.75 Å². The lowest BCUT2D eigenvalue weighted by Gasteiger charge is -2.36. The van der Waals surface area contributed by atoms with Gasteiger partial charge in [0.05, 0.1) is 17.7 Å². The highest BCUT2D eigenvalue weighted by atomic mass is 32.2. The molecule has 0 radical (unpaired) electrons. The first-order valence-corrected chi connectivity index (χ1v) is 12.0. The lowest BCUT2D eigenvalue weighted by atomic mass is 10.2. The zero-order valence-corrected chi connectivity index (χ0v) is 19.3. The maximum Gasteiger partial charge on any atom is 0.271 e. The van der Waals surface area contributed by atoms with Crippen LogP contribution < -0.4 is 15.2 Å². The predicted molar refractivity (Wildman–Crippen MR) is 123 cm³/mol. The fourth-order valence-corrected chi connectivity index (χ4v) is 5.17. The number of aryl methyl sites for hydroxylation is 1. The molecule has 9 nitrogen and oxygen atoms in total. The van der Waals surface area contributed by atoms with E-state index in [4.69, 9.17) is 4.74 Å². The molecule has 2 aliphatic heterocycles. The van der Waals surface area contributed by atoms with E-state index in [-0.39, 0.29) is 49.3 Å². The van der Waals surface area contributed by atoms with Crippen molar-refractivity contribution in [3.8, 4) is 5.75 Å². The molecule has 33 heavy (non-hydrogen) atoms. The molecule has 4 rings (SSSR count). The summed E-state index contributed by atoms with van der Waals surface area (Å²) >= 11 is 0. The molecule has 2 amide bonds. The van der Waals surface area contributed by atoms with Crippen LogP contribution in [0.1, 0.15) is 12.0 Å². The van der Waals surface area contributed by atoms with E-state index in [1.54, 1.807) is 23.1 Å². The summed E-state index contributed by atoms with van der Waals surface area (Å²) in [5.41, 5.74) is 4.95. The maximum absolute atomic E-state index is 13.1. The Bertz CT molecular complexity index is 1170. The van der Waals surface area contributed by atoms with Crippen molar-refractivity contribution in [2.45, 2.75) is 18.2 Å². The van der Waals surface area contributed by atoms with Gasteiger partial charge in [0.25, 0.3) is 5.91 Å². The molecule has 1 N–H and O–H groups in total. The molecule has 0 bridgehead atoms. The minimum Gasteiger partial charge on any atom is -0.497 e. The highest BCUT2D eigenvalue weighted by molar-refractivity contribution is 7.89. The minimum absolute atomic E-state index is 0.105. The molecule has 0 atom stereocenters. The molecule has 0 aromatic heterocycles. The number of rotatable bonds is 5. The molecule has 2 aliphatic rings. The summed E-state index contributed by atoms with van der Waals surface area (Å²) in [4.78, 5) is 27.2. The van der Waals surface area contributed by atoms with Crippen LogP contribution in [0.15, 0.2) is 65.2 Å². The van der Waals surface area contributed by atoms with Crippen LogP contribution in [0.2, 0.25) is 0 Å². The Morgan fingerprint density at radius 3 is 2.21 bits per heavy atom. The van der Waals surface area contributed by atoms with E-state index >= 15 is 0 Å². The Kier molecular flexibility index (Phi) is 6.39. The van der Waals surface area contributed by atoms with Crippen molar-refractivity contribution in [3.63, 3.8) is 0 Å². The van der Waals surface area contributed by atoms with Gasteiger partial charge in [0.2, 0.25) is 15.9 Å². The first-order chi connectivity index (χ1) is 15.8. The quantitative estimate of drug-likeness (QED) is 0.714. The Morgan fingerprint density at radius 2 is 1.61 bits per heavy atom. The third-order valence-corrected chi connectivity index (χ3v) is 7.62. The van der Waals surface area contributed by atoms with E-state index in [1.807, 2.05) is 31.2 Å². The number of carbonyl (C=O) groups is 2. The second-order valence-electron chi connectivity index (χ2n) is 7.87. The van der Waals surface area contributed by atoms with Gasteiger partial charge in [-0.1, -0.05) is 17.7 Å². The number of piperazine rings is 1. The highest BCUT2D eigenvalue weighted by Crippen LogP contribution is 2.22. The van der Waals surface area contributed by atoms with Crippen molar-refractivity contribution < 1.29 is 22.7 Å². The number of hydrogen-bond acceptors (Lipinski definition) is 6. The van der Waals surface area contributed by atoms with Gasteiger partial charge in [-0.05, 0) is 49.4 Å². The average molecular weight is 471 g/mol. The van der Waals surface area contributed by atoms with Crippen molar-refractivity contribution >= 4 is 27.5 Å². The van der Waals surface area contributed by atoms with Crippen molar-refractivity contribution in [1.29, 1.82) is 0 Å². The SMILES string of the molecule is COc1ccc(S(=O)(=O)N2CCN(C(=O)C3=CCC(=O)N(c4ccc(C)cc4)N3)CC2)cc1. The Labute approximate surface area is 193 Å². The van der Waals surface area contributed by atoms with Crippen molar-refractivity contribution in [1.82, 2.24) is 14.6 Å². The summed E-state index contributed by atoms with van der Waals surface area (Å²) in [6, 6.07) is 13.7. The van der Waals surface area contributed by atoms with Crippen LogP contribution in [0.3, 0.4) is 0 Å². The first kappa shape index (κ1) is 22.8. The summed E-state index contributed by atoms with van der Waals surface area (Å²) < 4.78 is 32.3. The number of sulfonamides is 1. The summed E-state index contributed by atoms with van der Waals surface area (Å²) in [5, 5.41) is 1.37. The number of hydrogen-bond donors (Lipinski definition) is 1. The number of carbonyl (C=O) groups excluding carboxylic acids is 2. The standard InChI is InChI=1S/C23H26N4O5S/c1-17-3-5-18(6-4-17)27-22(28)12-11-21(24-27)23(29)25-13-15-26(16-14-25)33(30,31)20-9-7-19(32-2)8-10-20/h3-11,24H,12-16H2,1-2H3. The lowest BCUT2D eigenvalue weighted by molar-refractivity contribution is -0.129. The van der Waals surface area contributed by atoms with Crippen molar-refractivity contribution in [2.75, 3.05) is 38.3 Å². The largest absolute Gasteiger partial charge is 0.497 e. The molecule has 2 heterocycles. The Balaban J connectivity index is 1.40. The normalized spacial score (nSPS) is 17.4. The minimum atomic E-state index is -3.66. The molecular weight excluding hydrogens is 444 g/mol. The van der Waals surface area contributed by atoms with E-state index in [0.29, 0.717) is 17.1 Å². The zero-order chi connectivity index (χ0) is 23.6. The molecule has 0 spiro atoms. The average Bonchev–Trinajstić information content (AvgIpc) is 2.84. The van der Waals surface area contributed by atoms with Gasteiger partial charge in [-0.15, -0.1) is 0 Å². The van der Waals surface area contributed by atoms with Gasteiger partial charge < -0.3 is 9.64 Å². The lowest BCUT2D eigenvalue weighted by Crippen LogP contribution is -2.54. The molecule has 10 heteroatoms. The summed E-state index contributed by atoms with van der Waals surface area (Å²) in [6.45, 7) is 2.85. The third kappa shape index (κ3) is 4.71.